The number of hydrogen-bond donors (Lipinski definition) is 2. The second-order valence-corrected chi connectivity index (χ2v) is 7.36. The number of aliphatic hydroxyl groups is 1. The van der Waals surface area contributed by atoms with Gasteiger partial charge in [-0.25, -0.2) is 10.2 Å². The first-order valence-corrected chi connectivity index (χ1v) is 10.5. The van der Waals surface area contributed by atoms with Crippen molar-refractivity contribution in [3.05, 3.63) is 108 Å². The van der Waals surface area contributed by atoms with Crippen molar-refractivity contribution < 1.29 is 24.2 Å². The largest absolute Gasteiger partial charge is 0.497 e. The summed E-state index contributed by atoms with van der Waals surface area (Å²) in [6.45, 7) is 0. The second kappa shape index (κ2) is 10.4. The Morgan fingerprint density at radius 3 is 2.35 bits per heavy atom. The molecule has 0 radical (unpaired) electrons. The van der Waals surface area contributed by atoms with Gasteiger partial charge in [-0.1, -0.05) is 60.7 Å². The first-order chi connectivity index (χ1) is 16.6. The average Bonchev–Trinajstić information content (AvgIpc) is 2.89. The summed E-state index contributed by atoms with van der Waals surface area (Å²) < 4.78 is 10.8. The molecule has 7 heteroatoms. The molecule has 0 aliphatic heterocycles. The number of hydrogen-bond acceptors (Lipinski definition) is 6. The summed E-state index contributed by atoms with van der Waals surface area (Å²) >= 11 is 0. The van der Waals surface area contributed by atoms with Crippen molar-refractivity contribution in [1.82, 2.24) is 5.43 Å². The highest BCUT2D eigenvalue weighted by Crippen LogP contribution is 2.27. The number of fused-ring (bicyclic) bond motifs is 1. The summed E-state index contributed by atoms with van der Waals surface area (Å²) in [5.41, 5.74) is 3.66. The Labute approximate surface area is 196 Å². The van der Waals surface area contributed by atoms with Crippen molar-refractivity contribution in [2.24, 2.45) is 5.10 Å². The third-order valence-electron chi connectivity index (χ3n) is 5.19. The number of carbonyl (C=O) groups is 2. The van der Waals surface area contributed by atoms with Gasteiger partial charge in [-0.05, 0) is 46.7 Å². The summed E-state index contributed by atoms with van der Waals surface area (Å²) in [5, 5.41) is 15.9. The molecule has 0 heterocycles. The van der Waals surface area contributed by atoms with E-state index in [0.29, 0.717) is 22.4 Å². The zero-order valence-corrected chi connectivity index (χ0v) is 18.3. The van der Waals surface area contributed by atoms with E-state index in [1.54, 1.807) is 67.8 Å². The molecule has 4 aromatic carbocycles. The van der Waals surface area contributed by atoms with E-state index in [1.165, 1.54) is 6.21 Å². The molecule has 0 aliphatic carbocycles. The minimum Gasteiger partial charge on any atom is -0.497 e. The fourth-order valence-corrected chi connectivity index (χ4v) is 3.39. The molecule has 170 valence electrons. The molecule has 0 aliphatic rings. The maximum Gasteiger partial charge on any atom is 0.343 e. The molecule has 7 nitrogen and oxygen atoms in total. The molecule has 0 aromatic heterocycles. The quantitative estimate of drug-likeness (QED) is 0.188. The molecule has 1 atom stereocenters. The van der Waals surface area contributed by atoms with Gasteiger partial charge in [0, 0.05) is 5.56 Å². The molecule has 2 N–H and O–H groups in total. The number of nitrogens with zero attached hydrogens (tertiary/aromatic N) is 1. The van der Waals surface area contributed by atoms with Crippen molar-refractivity contribution in [3.63, 3.8) is 0 Å². The molecule has 1 amide bonds. The van der Waals surface area contributed by atoms with E-state index in [9.17, 15) is 14.7 Å². The van der Waals surface area contributed by atoms with Crippen LogP contribution in [-0.4, -0.2) is 30.3 Å². The van der Waals surface area contributed by atoms with Crippen LogP contribution in [0.4, 0.5) is 0 Å². The third-order valence-corrected chi connectivity index (χ3v) is 5.19. The Hall–Kier alpha value is -4.49. The number of rotatable bonds is 7. The van der Waals surface area contributed by atoms with E-state index < -0.39 is 18.0 Å². The fraction of sp³-hybridized carbons (Fsp3) is 0.0741. The minimum atomic E-state index is -1.36. The highest BCUT2D eigenvalue weighted by molar-refractivity contribution is 6.04. The van der Waals surface area contributed by atoms with E-state index in [0.717, 1.165) is 10.8 Å². The van der Waals surface area contributed by atoms with Gasteiger partial charge in [0.25, 0.3) is 5.91 Å². The number of amides is 1. The van der Waals surface area contributed by atoms with Crippen molar-refractivity contribution in [2.45, 2.75) is 6.10 Å². The number of carbonyl (C=O) groups excluding carboxylic acids is 2. The lowest BCUT2D eigenvalue weighted by molar-refractivity contribution is -0.129. The molecular weight excluding hydrogens is 432 g/mol. The first kappa shape index (κ1) is 22.7. The Morgan fingerprint density at radius 1 is 0.912 bits per heavy atom. The molecule has 34 heavy (non-hydrogen) atoms. The highest BCUT2D eigenvalue weighted by atomic mass is 16.5. The SMILES string of the molecule is COc1ccc(C(=O)Oc2ccc3ccccc3c2/C=N/NC(=O)C(O)c2ccccc2)cc1. The average molecular weight is 454 g/mol. The van der Waals surface area contributed by atoms with Crippen LogP contribution < -0.4 is 14.9 Å². The summed E-state index contributed by atoms with van der Waals surface area (Å²) in [5.74, 6) is -0.319. The Kier molecular flexibility index (Phi) is 6.95. The van der Waals surface area contributed by atoms with Crippen LogP contribution in [0.2, 0.25) is 0 Å². The van der Waals surface area contributed by atoms with Gasteiger partial charge in [-0.2, -0.15) is 5.10 Å². The normalized spacial score (nSPS) is 11.8. The molecule has 0 bridgehead atoms. The Morgan fingerprint density at radius 2 is 1.62 bits per heavy atom. The van der Waals surface area contributed by atoms with Gasteiger partial charge < -0.3 is 14.6 Å². The topological polar surface area (TPSA) is 97.2 Å². The zero-order chi connectivity index (χ0) is 23.9. The molecule has 0 saturated carbocycles. The van der Waals surface area contributed by atoms with Crippen LogP contribution in [0.1, 0.15) is 27.6 Å². The third kappa shape index (κ3) is 5.11. The summed E-state index contributed by atoms with van der Waals surface area (Å²) in [4.78, 5) is 25.0. The fourth-order valence-electron chi connectivity index (χ4n) is 3.39. The predicted molar refractivity (Wildman–Crippen MR) is 129 cm³/mol. The molecule has 4 rings (SSSR count). The van der Waals surface area contributed by atoms with Gasteiger partial charge in [0.1, 0.15) is 11.5 Å². The minimum absolute atomic E-state index is 0.279. The van der Waals surface area contributed by atoms with Crippen LogP contribution in [0, 0.1) is 0 Å². The number of esters is 1. The lowest BCUT2D eigenvalue weighted by Gasteiger charge is -2.11. The lowest BCUT2D eigenvalue weighted by atomic mass is 10.0. The van der Waals surface area contributed by atoms with Gasteiger partial charge in [0.15, 0.2) is 6.10 Å². The Balaban J connectivity index is 1.58. The summed E-state index contributed by atoms with van der Waals surface area (Å²) in [7, 11) is 1.55. The smallest absolute Gasteiger partial charge is 0.343 e. The molecule has 0 saturated heterocycles. The predicted octanol–water partition coefficient (Wildman–Crippen LogP) is 4.25. The molecule has 0 spiro atoms. The first-order valence-electron chi connectivity index (χ1n) is 10.5. The summed E-state index contributed by atoms with van der Waals surface area (Å²) in [6.07, 6.45) is 0.0347. The molecule has 1 unspecified atom stereocenters. The second-order valence-electron chi connectivity index (χ2n) is 7.36. The number of benzene rings is 4. The maximum atomic E-state index is 12.7. The van der Waals surface area contributed by atoms with Crippen LogP contribution in [0.3, 0.4) is 0 Å². The van der Waals surface area contributed by atoms with Crippen LogP contribution in [0.15, 0.2) is 96.1 Å². The number of aliphatic hydroxyl groups excluding tert-OH is 1. The van der Waals surface area contributed by atoms with Gasteiger partial charge in [0.05, 0.1) is 18.9 Å². The van der Waals surface area contributed by atoms with Gasteiger partial charge in [-0.3, -0.25) is 4.79 Å². The zero-order valence-electron chi connectivity index (χ0n) is 18.3. The Bertz CT molecular complexity index is 1330. The van der Waals surface area contributed by atoms with Crippen LogP contribution in [0.5, 0.6) is 11.5 Å². The number of nitrogens with one attached hydrogen (secondary N) is 1. The monoisotopic (exact) mass is 454 g/mol. The van der Waals surface area contributed by atoms with Crippen LogP contribution in [0.25, 0.3) is 10.8 Å². The van der Waals surface area contributed by atoms with Crippen molar-refractivity contribution in [3.8, 4) is 11.5 Å². The summed E-state index contributed by atoms with van der Waals surface area (Å²) in [6, 6.07) is 26.2. The molecule has 4 aromatic rings. The van der Waals surface area contributed by atoms with Crippen molar-refractivity contribution in [1.29, 1.82) is 0 Å². The van der Waals surface area contributed by atoms with Crippen LogP contribution >= 0.6 is 0 Å². The maximum absolute atomic E-state index is 12.7. The molecule has 0 fully saturated rings. The van der Waals surface area contributed by atoms with E-state index in [4.69, 9.17) is 9.47 Å². The van der Waals surface area contributed by atoms with Crippen molar-refractivity contribution in [2.75, 3.05) is 7.11 Å². The highest BCUT2D eigenvalue weighted by Gasteiger charge is 2.17. The van der Waals surface area contributed by atoms with Crippen molar-refractivity contribution >= 4 is 28.9 Å². The van der Waals surface area contributed by atoms with Gasteiger partial charge >= 0.3 is 5.97 Å². The standard InChI is InChI=1S/C27H22N2O5/c1-33-21-14-11-20(12-15-21)27(32)34-24-16-13-18-7-5-6-10-22(18)23(24)17-28-29-26(31)25(30)19-8-3-2-4-9-19/h2-17,25,30H,1H3,(H,29,31)/b28-17+. The van der Waals surface area contributed by atoms with E-state index in [2.05, 4.69) is 10.5 Å². The van der Waals surface area contributed by atoms with Gasteiger partial charge in [-0.15, -0.1) is 0 Å². The molecular formula is C27H22N2O5. The number of methoxy groups -OCH3 is 1. The van der Waals surface area contributed by atoms with E-state index in [1.807, 2.05) is 30.3 Å². The van der Waals surface area contributed by atoms with E-state index >= 15 is 0 Å². The number of hydrazone groups is 1. The van der Waals surface area contributed by atoms with Gasteiger partial charge in [0.2, 0.25) is 0 Å². The number of ether oxygens (including phenoxy) is 2. The van der Waals surface area contributed by atoms with Crippen LogP contribution in [-0.2, 0) is 4.79 Å². The van der Waals surface area contributed by atoms with E-state index in [-0.39, 0.29) is 5.75 Å². The lowest BCUT2D eigenvalue weighted by Crippen LogP contribution is -2.25.